The second-order valence-corrected chi connectivity index (χ2v) is 5.57. The molecule has 1 aliphatic heterocycles. The van der Waals surface area contributed by atoms with Gasteiger partial charge in [-0.2, -0.15) is 0 Å². The standard InChI is InChI=1S/C11H12N2O4S/c14-10(13-3-5-18(17)6-4-13)8-1-2-12-9(7-8)11(15)16/h1-2,7H,3-6H2,(H,15,16). The monoisotopic (exact) mass is 268 g/mol. The van der Waals surface area contributed by atoms with Crippen molar-refractivity contribution in [3.8, 4) is 0 Å². The van der Waals surface area contributed by atoms with Gasteiger partial charge >= 0.3 is 5.97 Å². The molecule has 0 aromatic carbocycles. The molecule has 0 bridgehead atoms. The Bertz CT molecular complexity index is 508. The number of aromatic carboxylic acids is 1. The zero-order chi connectivity index (χ0) is 13.1. The molecule has 0 unspecified atom stereocenters. The van der Waals surface area contributed by atoms with E-state index in [0.29, 0.717) is 30.2 Å². The average Bonchev–Trinajstić information content (AvgIpc) is 2.39. The third-order valence-corrected chi connectivity index (χ3v) is 3.97. The number of hydrogen-bond acceptors (Lipinski definition) is 4. The van der Waals surface area contributed by atoms with Crippen molar-refractivity contribution in [1.29, 1.82) is 0 Å². The summed E-state index contributed by atoms with van der Waals surface area (Å²) in [5.41, 5.74) is 0.150. The number of aromatic nitrogens is 1. The van der Waals surface area contributed by atoms with Gasteiger partial charge in [0, 0.05) is 47.2 Å². The first-order valence-electron chi connectivity index (χ1n) is 5.41. The summed E-state index contributed by atoms with van der Waals surface area (Å²) in [4.78, 5) is 28.1. The molecule has 1 aromatic rings. The Morgan fingerprint density at radius 1 is 1.33 bits per heavy atom. The minimum Gasteiger partial charge on any atom is -0.477 e. The van der Waals surface area contributed by atoms with Crippen LogP contribution in [0.2, 0.25) is 0 Å². The first-order chi connectivity index (χ1) is 8.58. The molecule has 0 radical (unpaired) electrons. The maximum absolute atomic E-state index is 12.1. The first kappa shape index (κ1) is 12.7. The van der Waals surface area contributed by atoms with Crippen LogP contribution in [0.5, 0.6) is 0 Å². The average molecular weight is 268 g/mol. The van der Waals surface area contributed by atoms with Crippen molar-refractivity contribution < 1.29 is 18.9 Å². The van der Waals surface area contributed by atoms with Crippen LogP contribution in [0.25, 0.3) is 0 Å². The molecule has 0 aliphatic carbocycles. The summed E-state index contributed by atoms with van der Waals surface area (Å²) in [6, 6.07) is 2.75. The van der Waals surface area contributed by atoms with Crippen molar-refractivity contribution in [2.75, 3.05) is 24.6 Å². The van der Waals surface area contributed by atoms with Crippen LogP contribution in [0, 0.1) is 0 Å². The zero-order valence-electron chi connectivity index (χ0n) is 9.54. The van der Waals surface area contributed by atoms with Crippen LogP contribution in [0.4, 0.5) is 0 Å². The third kappa shape index (κ3) is 2.73. The number of carbonyl (C=O) groups is 2. The Hall–Kier alpha value is -1.76. The molecule has 0 saturated carbocycles. The van der Waals surface area contributed by atoms with E-state index in [1.54, 1.807) is 4.90 Å². The van der Waals surface area contributed by atoms with E-state index in [2.05, 4.69) is 4.98 Å². The van der Waals surface area contributed by atoms with Gasteiger partial charge in [-0.1, -0.05) is 0 Å². The number of hydrogen-bond donors (Lipinski definition) is 1. The van der Waals surface area contributed by atoms with Crippen LogP contribution in [-0.4, -0.2) is 55.7 Å². The summed E-state index contributed by atoms with van der Waals surface area (Å²) in [6.45, 7) is 0.881. The normalized spacial score (nSPS) is 16.6. The van der Waals surface area contributed by atoms with E-state index in [-0.39, 0.29) is 11.6 Å². The van der Waals surface area contributed by atoms with Gasteiger partial charge in [0.25, 0.3) is 5.91 Å². The molecule has 6 nitrogen and oxygen atoms in total. The van der Waals surface area contributed by atoms with E-state index in [4.69, 9.17) is 5.11 Å². The molecule has 0 atom stereocenters. The maximum atomic E-state index is 12.1. The van der Waals surface area contributed by atoms with Crippen LogP contribution in [0.15, 0.2) is 18.3 Å². The van der Waals surface area contributed by atoms with Gasteiger partial charge in [-0.05, 0) is 12.1 Å². The quantitative estimate of drug-likeness (QED) is 0.814. The summed E-state index contributed by atoms with van der Waals surface area (Å²) in [7, 11) is -0.846. The van der Waals surface area contributed by atoms with Crippen LogP contribution < -0.4 is 0 Å². The van der Waals surface area contributed by atoms with Crippen molar-refractivity contribution in [2.24, 2.45) is 0 Å². The highest BCUT2D eigenvalue weighted by Crippen LogP contribution is 2.09. The lowest BCUT2D eigenvalue weighted by Gasteiger charge is -2.26. The van der Waals surface area contributed by atoms with Crippen molar-refractivity contribution in [1.82, 2.24) is 9.88 Å². The number of carboxylic acids is 1. The molecule has 18 heavy (non-hydrogen) atoms. The molecule has 1 saturated heterocycles. The fourth-order valence-corrected chi connectivity index (χ4v) is 2.76. The van der Waals surface area contributed by atoms with E-state index in [9.17, 15) is 13.8 Å². The second kappa shape index (κ2) is 5.26. The minimum absolute atomic E-state index is 0.151. The molecule has 2 heterocycles. The highest BCUT2D eigenvalue weighted by atomic mass is 32.2. The summed E-state index contributed by atoms with van der Waals surface area (Å²) < 4.78 is 11.2. The number of rotatable bonds is 2. The molecule has 7 heteroatoms. The van der Waals surface area contributed by atoms with E-state index in [0.717, 1.165) is 0 Å². The fraction of sp³-hybridized carbons (Fsp3) is 0.364. The SMILES string of the molecule is O=C(O)c1cc(C(=O)N2CCS(=O)CC2)ccn1. The molecule has 96 valence electrons. The third-order valence-electron chi connectivity index (χ3n) is 2.69. The van der Waals surface area contributed by atoms with E-state index >= 15 is 0 Å². The van der Waals surface area contributed by atoms with Gasteiger partial charge in [-0.15, -0.1) is 0 Å². The molecule has 0 spiro atoms. The van der Waals surface area contributed by atoms with Gasteiger partial charge in [-0.3, -0.25) is 9.00 Å². The van der Waals surface area contributed by atoms with Gasteiger partial charge in [-0.25, -0.2) is 9.78 Å². The minimum atomic E-state index is -1.16. The molecule has 1 N–H and O–H groups in total. The summed E-state index contributed by atoms with van der Waals surface area (Å²) in [5.74, 6) is -0.452. The summed E-state index contributed by atoms with van der Waals surface area (Å²) in [5, 5.41) is 8.81. The number of nitrogens with zero attached hydrogens (tertiary/aromatic N) is 2. The Morgan fingerprint density at radius 3 is 2.61 bits per heavy atom. The smallest absolute Gasteiger partial charge is 0.354 e. The van der Waals surface area contributed by atoms with E-state index < -0.39 is 16.8 Å². The number of amides is 1. The predicted octanol–water partition coefficient (Wildman–Crippen LogP) is -0.0157. The van der Waals surface area contributed by atoms with E-state index in [1.165, 1.54) is 18.3 Å². The predicted molar refractivity (Wildman–Crippen MR) is 65.0 cm³/mol. The molecule has 1 aliphatic rings. The van der Waals surface area contributed by atoms with Gasteiger partial charge in [0.15, 0.2) is 0 Å². The number of carboxylic acid groups (broad SMARTS) is 1. The Balaban J connectivity index is 2.16. The van der Waals surface area contributed by atoms with Gasteiger partial charge in [0.2, 0.25) is 0 Å². The topological polar surface area (TPSA) is 87.6 Å². The molecule has 1 fully saturated rings. The fourth-order valence-electron chi connectivity index (χ4n) is 1.70. The lowest BCUT2D eigenvalue weighted by molar-refractivity contribution is 0.0690. The largest absolute Gasteiger partial charge is 0.477 e. The lowest BCUT2D eigenvalue weighted by atomic mass is 10.2. The molecule has 1 aromatic heterocycles. The summed E-state index contributed by atoms with van der Waals surface area (Å²) in [6.07, 6.45) is 1.30. The zero-order valence-corrected chi connectivity index (χ0v) is 10.4. The Labute approximate surface area is 106 Å². The molecule has 2 rings (SSSR count). The maximum Gasteiger partial charge on any atom is 0.354 e. The molecular formula is C11H12N2O4S. The Morgan fingerprint density at radius 2 is 2.00 bits per heavy atom. The van der Waals surface area contributed by atoms with Crippen LogP contribution >= 0.6 is 0 Å². The van der Waals surface area contributed by atoms with Gasteiger partial charge in [0.05, 0.1) is 0 Å². The second-order valence-electron chi connectivity index (χ2n) is 3.88. The van der Waals surface area contributed by atoms with Crippen molar-refractivity contribution in [3.05, 3.63) is 29.6 Å². The van der Waals surface area contributed by atoms with E-state index in [1.807, 2.05) is 0 Å². The lowest BCUT2D eigenvalue weighted by Crippen LogP contribution is -2.41. The molecular weight excluding hydrogens is 256 g/mol. The van der Waals surface area contributed by atoms with Gasteiger partial charge < -0.3 is 10.0 Å². The Kier molecular flexibility index (Phi) is 3.71. The van der Waals surface area contributed by atoms with Crippen LogP contribution in [0.3, 0.4) is 0 Å². The summed E-state index contributed by atoms with van der Waals surface area (Å²) >= 11 is 0. The van der Waals surface area contributed by atoms with Crippen LogP contribution in [0.1, 0.15) is 20.8 Å². The van der Waals surface area contributed by atoms with Crippen molar-refractivity contribution in [2.45, 2.75) is 0 Å². The highest BCUT2D eigenvalue weighted by molar-refractivity contribution is 7.85. The molecule has 1 amide bonds. The number of carbonyl (C=O) groups excluding carboxylic acids is 1. The van der Waals surface area contributed by atoms with Crippen molar-refractivity contribution in [3.63, 3.8) is 0 Å². The first-order valence-corrected chi connectivity index (χ1v) is 6.90. The highest BCUT2D eigenvalue weighted by Gasteiger charge is 2.22. The van der Waals surface area contributed by atoms with Crippen LogP contribution in [-0.2, 0) is 10.8 Å². The van der Waals surface area contributed by atoms with Gasteiger partial charge in [0.1, 0.15) is 5.69 Å². The number of pyridine rings is 1. The van der Waals surface area contributed by atoms with Crippen molar-refractivity contribution >= 4 is 22.7 Å².